The standard InChI is InChI=1S/C7H11N3S.C5H11O2P.C4H10/c1-8-7-9-4-2-6(10-7)3-5-11;6-8-7-5-3-1-2-4-5;1-3-4-2/h2,4,11H,3,5H2,1H3,(H,8,9,10);5-6,8H,1-4H2;3-4H2,1-2H3. The maximum Gasteiger partial charge on any atom is 0.222 e. The molecular formula is C16H32N3O2PS. The molecule has 1 unspecified atom stereocenters. The van der Waals surface area contributed by atoms with Gasteiger partial charge in [-0.15, -0.1) is 0 Å². The van der Waals surface area contributed by atoms with Crippen LogP contribution in [0.4, 0.5) is 5.95 Å². The van der Waals surface area contributed by atoms with Crippen molar-refractivity contribution in [3.05, 3.63) is 18.0 Å². The first-order valence-corrected chi connectivity index (χ1v) is 9.85. The van der Waals surface area contributed by atoms with Gasteiger partial charge in [-0.25, -0.2) is 9.97 Å². The number of aromatic nitrogens is 2. The smallest absolute Gasteiger partial charge is 0.222 e. The molecule has 1 atom stereocenters. The van der Waals surface area contributed by atoms with E-state index in [1.807, 2.05) is 6.07 Å². The molecule has 0 saturated heterocycles. The zero-order valence-electron chi connectivity index (χ0n) is 14.6. The maximum atomic E-state index is 8.33. The number of hydrogen-bond acceptors (Lipinski definition) is 6. The first-order chi connectivity index (χ1) is 11.2. The second kappa shape index (κ2) is 16.4. The Morgan fingerprint density at radius 3 is 2.48 bits per heavy atom. The van der Waals surface area contributed by atoms with Crippen LogP contribution in [-0.2, 0) is 10.9 Å². The average Bonchev–Trinajstić information content (AvgIpc) is 3.10. The van der Waals surface area contributed by atoms with E-state index in [4.69, 9.17) is 9.42 Å². The number of rotatable bonds is 6. The summed E-state index contributed by atoms with van der Waals surface area (Å²) in [6.07, 6.45) is 10.5. The Balaban J connectivity index is 0.000000354. The van der Waals surface area contributed by atoms with Crippen LogP contribution in [0.2, 0.25) is 0 Å². The molecule has 2 rings (SSSR count). The highest BCUT2D eigenvalue weighted by Crippen LogP contribution is 2.25. The Hall–Kier alpha value is -0.420. The van der Waals surface area contributed by atoms with Gasteiger partial charge in [-0.2, -0.15) is 12.6 Å². The predicted molar refractivity (Wildman–Crippen MR) is 104 cm³/mol. The Labute approximate surface area is 148 Å². The minimum absolute atomic E-state index is 0.308. The minimum Gasteiger partial charge on any atom is -0.357 e. The van der Waals surface area contributed by atoms with Crippen LogP contribution in [0.25, 0.3) is 0 Å². The Kier molecular flexibility index (Phi) is 16.1. The third-order valence-electron chi connectivity index (χ3n) is 3.33. The fourth-order valence-corrected chi connectivity index (χ4v) is 2.46. The van der Waals surface area contributed by atoms with E-state index in [2.05, 4.69) is 41.8 Å². The lowest BCUT2D eigenvalue weighted by Crippen LogP contribution is -1.99. The highest BCUT2D eigenvalue weighted by molar-refractivity contribution is 7.80. The average molecular weight is 361 g/mol. The van der Waals surface area contributed by atoms with Gasteiger partial charge in [-0.3, -0.25) is 0 Å². The van der Waals surface area contributed by atoms with Crippen molar-refractivity contribution in [2.75, 3.05) is 18.1 Å². The van der Waals surface area contributed by atoms with Crippen molar-refractivity contribution in [2.24, 2.45) is 0 Å². The summed E-state index contributed by atoms with van der Waals surface area (Å²) in [6.45, 7) is 4.36. The Morgan fingerprint density at radius 2 is 2.00 bits per heavy atom. The van der Waals surface area contributed by atoms with Gasteiger partial charge in [0, 0.05) is 18.9 Å². The molecule has 0 bridgehead atoms. The topological polar surface area (TPSA) is 67.3 Å². The van der Waals surface area contributed by atoms with Crippen LogP contribution in [0.5, 0.6) is 0 Å². The molecule has 7 heteroatoms. The van der Waals surface area contributed by atoms with E-state index in [1.54, 1.807) is 13.2 Å². The van der Waals surface area contributed by atoms with E-state index in [0.29, 0.717) is 12.1 Å². The largest absolute Gasteiger partial charge is 0.357 e. The maximum absolute atomic E-state index is 8.33. The molecule has 1 aliphatic carbocycles. The number of hydrogen-bond donors (Lipinski definition) is 3. The summed E-state index contributed by atoms with van der Waals surface area (Å²) in [4.78, 5) is 16.5. The van der Waals surface area contributed by atoms with E-state index >= 15 is 0 Å². The van der Waals surface area contributed by atoms with Crippen LogP contribution >= 0.6 is 21.7 Å². The monoisotopic (exact) mass is 361 g/mol. The highest BCUT2D eigenvalue weighted by atomic mass is 32.1. The van der Waals surface area contributed by atoms with Gasteiger partial charge in [0.15, 0.2) is 9.03 Å². The van der Waals surface area contributed by atoms with Gasteiger partial charge in [-0.05, 0) is 31.1 Å². The number of unbranched alkanes of at least 4 members (excludes halogenated alkanes) is 1. The van der Waals surface area contributed by atoms with Crippen molar-refractivity contribution in [1.29, 1.82) is 0 Å². The first-order valence-electron chi connectivity index (χ1n) is 8.36. The van der Waals surface area contributed by atoms with Crippen molar-refractivity contribution >= 4 is 27.6 Å². The zero-order chi connectivity index (χ0) is 17.3. The highest BCUT2D eigenvalue weighted by Gasteiger charge is 2.14. The Morgan fingerprint density at radius 1 is 1.35 bits per heavy atom. The minimum atomic E-state index is -0.308. The van der Waals surface area contributed by atoms with Crippen molar-refractivity contribution < 1.29 is 9.42 Å². The van der Waals surface area contributed by atoms with Crippen LogP contribution in [0.15, 0.2) is 12.3 Å². The summed E-state index contributed by atoms with van der Waals surface area (Å²) in [7, 11) is 1.50. The number of thiol groups is 1. The van der Waals surface area contributed by atoms with Crippen molar-refractivity contribution in [1.82, 2.24) is 9.97 Å². The zero-order valence-corrected chi connectivity index (χ0v) is 16.5. The summed E-state index contributed by atoms with van der Waals surface area (Å²) in [6, 6.07) is 1.90. The molecule has 0 aliphatic heterocycles. The molecule has 0 spiro atoms. The molecular weight excluding hydrogens is 329 g/mol. The van der Waals surface area contributed by atoms with Gasteiger partial charge in [0.2, 0.25) is 5.95 Å². The molecule has 0 amide bonds. The quantitative estimate of drug-likeness (QED) is 0.522. The normalized spacial score (nSPS) is 14.1. The SMILES string of the molecule is CCCC.CNc1nccc(CCS)n1.OPOC1CCCC1. The molecule has 1 saturated carbocycles. The fraction of sp³-hybridized carbons (Fsp3) is 0.750. The summed E-state index contributed by atoms with van der Waals surface area (Å²) in [5.41, 5.74) is 1.03. The van der Waals surface area contributed by atoms with Crippen LogP contribution in [-0.4, -0.2) is 33.8 Å². The van der Waals surface area contributed by atoms with E-state index in [9.17, 15) is 0 Å². The lowest BCUT2D eigenvalue weighted by molar-refractivity contribution is 0.221. The fourth-order valence-electron chi connectivity index (χ4n) is 1.85. The van der Waals surface area contributed by atoms with E-state index < -0.39 is 0 Å². The number of nitrogens with zero attached hydrogens (tertiary/aromatic N) is 2. The third-order valence-corrected chi connectivity index (χ3v) is 3.99. The number of aryl methyl sites for hydroxylation is 1. The molecule has 2 N–H and O–H groups in total. The van der Waals surface area contributed by atoms with E-state index in [0.717, 1.165) is 30.7 Å². The molecule has 1 heterocycles. The second-order valence-electron chi connectivity index (χ2n) is 5.21. The van der Waals surface area contributed by atoms with Crippen LogP contribution in [0, 0.1) is 0 Å². The number of anilines is 1. The molecule has 134 valence electrons. The van der Waals surface area contributed by atoms with Gasteiger partial charge in [-0.1, -0.05) is 39.5 Å². The number of nitrogens with one attached hydrogen (secondary N) is 1. The van der Waals surface area contributed by atoms with Crippen molar-refractivity contribution in [2.45, 2.75) is 64.9 Å². The van der Waals surface area contributed by atoms with Gasteiger partial charge in [0.05, 0.1) is 6.10 Å². The summed E-state index contributed by atoms with van der Waals surface area (Å²) < 4.78 is 4.99. The molecule has 1 aromatic heterocycles. The third kappa shape index (κ3) is 12.6. The van der Waals surface area contributed by atoms with Crippen LogP contribution < -0.4 is 5.32 Å². The predicted octanol–water partition coefficient (Wildman–Crippen LogP) is 4.24. The van der Waals surface area contributed by atoms with Crippen LogP contribution in [0.1, 0.15) is 58.1 Å². The second-order valence-corrected chi connectivity index (χ2v) is 6.08. The summed E-state index contributed by atoms with van der Waals surface area (Å²) in [5, 5.41) is 2.88. The van der Waals surface area contributed by atoms with Crippen LogP contribution in [0.3, 0.4) is 0 Å². The van der Waals surface area contributed by atoms with Gasteiger partial charge < -0.3 is 14.7 Å². The molecule has 0 aromatic carbocycles. The summed E-state index contributed by atoms with van der Waals surface area (Å²) >= 11 is 4.11. The lowest BCUT2D eigenvalue weighted by Gasteiger charge is -2.04. The van der Waals surface area contributed by atoms with Crippen molar-refractivity contribution in [3.63, 3.8) is 0 Å². The molecule has 23 heavy (non-hydrogen) atoms. The molecule has 1 fully saturated rings. The van der Waals surface area contributed by atoms with Gasteiger partial charge in [0.25, 0.3) is 0 Å². The summed E-state index contributed by atoms with van der Waals surface area (Å²) in [5.74, 6) is 1.49. The molecule has 5 nitrogen and oxygen atoms in total. The first kappa shape index (κ1) is 22.6. The van der Waals surface area contributed by atoms with E-state index in [1.165, 1.54) is 25.7 Å². The molecule has 1 aliphatic rings. The Bertz CT molecular complexity index is 378. The lowest BCUT2D eigenvalue weighted by atomic mass is 10.3. The molecule has 1 aromatic rings. The van der Waals surface area contributed by atoms with Gasteiger partial charge >= 0.3 is 0 Å². The van der Waals surface area contributed by atoms with Crippen molar-refractivity contribution in [3.8, 4) is 0 Å². The van der Waals surface area contributed by atoms with E-state index in [-0.39, 0.29) is 9.03 Å². The molecule has 0 radical (unpaired) electrons. The van der Waals surface area contributed by atoms with Gasteiger partial charge in [0.1, 0.15) is 0 Å².